The minimum absolute atomic E-state index is 0.0282. The average Bonchev–Trinajstić information content (AvgIpc) is 2.62. The van der Waals surface area contributed by atoms with Crippen LogP contribution >= 0.6 is 11.6 Å². The van der Waals surface area contributed by atoms with Gasteiger partial charge in [0, 0.05) is 10.7 Å². The molecule has 1 unspecified atom stereocenters. The van der Waals surface area contributed by atoms with Crippen molar-refractivity contribution in [1.29, 1.82) is 0 Å². The number of benzene rings is 2. The zero-order valence-corrected chi connectivity index (χ0v) is 14.4. The minimum Gasteiger partial charge on any atom is -0.465 e. The summed E-state index contributed by atoms with van der Waals surface area (Å²) in [5.74, 6) is -1.96. The lowest BCUT2D eigenvalue weighted by Crippen LogP contribution is -2.30. The molecular formula is C18H16ClNO5. The third kappa shape index (κ3) is 4.81. The Hall–Kier alpha value is -2.86. The molecule has 25 heavy (non-hydrogen) atoms. The van der Waals surface area contributed by atoms with Gasteiger partial charge >= 0.3 is 11.9 Å². The summed E-state index contributed by atoms with van der Waals surface area (Å²) in [6, 6.07) is 12.6. The van der Waals surface area contributed by atoms with Crippen molar-refractivity contribution in [2.75, 3.05) is 12.4 Å². The molecule has 7 heteroatoms. The van der Waals surface area contributed by atoms with E-state index in [9.17, 15) is 14.4 Å². The Morgan fingerprint density at radius 2 is 1.52 bits per heavy atom. The van der Waals surface area contributed by atoms with Crippen LogP contribution in [0.1, 0.15) is 27.6 Å². The number of anilines is 1. The van der Waals surface area contributed by atoms with Crippen LogP contribution in [-0.4, -0.2) is 31.1 Å². The van der Waals surface area contributed by atoms with Crippen LogP contribution in [0.15, 0.2) is 48.5 Å². The van der Waals surface area contributed by atoms with Gasteiger partial charge in [0.05, 0.1) is 18.2 Å². The molecule has 1 atom stereocenters. The van der Waals surface area contributed by atoms with Crippen molar-refractivity contribution >= 4 is 35.1 Å². The van der Waals surface area contributed by atoms with Crippen LogP contribution in [0.5, 0.6) is 0 Å². The first-order valence-electron chi connectivity index (χ1n) is 7.37. The van der Waals surface area contributed by atoms with Crippen molar-refractivity contribution in [3.05, 3.63) is 64.7 Å². The molecule has 130 valence electrons. The van der Waals surface area contributed by atoms with E-state index < -0.39 is 23.9 Å². The number of nitrogens with one attached hydrogen (secondary N) is 1. The summed E-state index contributed by atoms with van der Waals surface area (Å²) in [5, 5.41) is 3.15. The van der Waals surface area contributed by atoms with Crippen LogP contribution < -0.4 is 5.32 Å². The summed E-state index contributed by atoms with van der Waals surface area (Å²) < 4.78 is 9.78. The van der Waals surface area contributed by atoms with Crippen LogP contribution in [0.4, 0.5) is 5.69 Å². The van der Waals surface area contributed by atoms with E-state index in [4.69, 9.17) is 16.3 Å². The highest BCUT2D eigenvalue weighted by molar-refractivity contribution is 6.30. The smallest absolute Gasteiger partial charge is 0.339 e. The highest BCUT2D eigenvalue weighted by Gasteiger charge is 2.23. The Labute approximate surface area is 149 Å². The number of amides is 1. The first kappa shape index (κ1) is 18.5. The van der Waals surface area contributed by atoms with E-state index in [0.717, 1.165) is 0 Å². The summed E-state index contributed by atoms with van der Waals surface area (Å²) >= 11 is 5.78. The maximum absolute atomic E-state index is 12.3. The van der Waals surface area contributed by atoms with Gasteiger partial charge in [0.15, 0.2) is 6.10 Å². The van der Waals surface area contributed by atoms with E-state index in [2.05, 4.69) is 10.1 Å². The Balaban J connectivity index is 2.06. The molecule has 2 aromatic carbocycles. The number of ether oxygens (including phenoxy) is 2. The van der Waals surface area contributed by atoms with Crippen LogP contribution in [0.25, 0.3) is 0 Å². The molecule has 0 saturated heterocycles. The standard InChI is InChI=1S/C18H16ClNO5/c1-11(16(21)20-13-9-7-12(19)8-10-13)25-18(23)15-6-4-3-5-14(15)17(22)24-2/h3-11H,1-2H3,(H,20,21). The molecule has 0 aliphatic heterocycles. The quantitative estimate of drug-likeness (QED) is 0.826. The molecule has 0 bridgehead atoms. The molecule has 0 aliphatic rings. The number of hydrogen-bond acceptors (Lipinski definition) is 5. The fourth-order valence-corrected chi connectivity index (χ4v) is 2.13. The third-order valence-electron chi connectivity index (χ3n) is 3.32. The topological polar surface area (TPSA) is 81.7 Å². The van der Waals surface area contributed by atoms with Gasteiger partial charge in [-0.15, -0.1) is 0 Å². The number of carbonyl (C=O) groups excluding carboxylic acids is 3. The lowest BCUT2D eigenvalue weighted by molar-refractivity contribution is -0.123. The van der Waals surface area contributed by atoms with Gasteiger partial charge in [0.2, 0.25) is 0 Å². The number of hydrogen-bond donors (Lipinski definition) is 1. The zero-order valence-electron chi connectivity index (χ0n) is 13.6. The molecule has 0 radical (unpaired) electrons. The molecule has 6 nitrogen and oxygen atoms in total. The molecule has 0 saturated carbocycles. The molecule has 0 aromatic heterocycles. The largest absolute Gasteiger partial charge is 0.465 e. The second-order valence-electron chi connectivity index (χ2n) is 5.08. The van der Waals surface area contributed by atoms with Crippen LogP contribution in [0, 0.1) is 0 Å². The lowest BCUT2D eigenvalue weighted by atomic mass is 10.1. The molecule has 1 amide bonds. The van der Waals surface area contributed by atoms with Crippen molar-refractivity contribution in [3.63, 3.8) is 0 Å². The van der Waals surface area contributed by atoms with Crippen molar-refractivity contribution in [1.82, 2.24) is 0 Å². The monoisotopic (exact) mass is 361 g/mol. The zero-order chi connectivity index (χ0) is 18.4. The molecular weight excluding hydrogens is 346 g/mol. The summed E-state index contributed by atoms with van der Waals surface area (Å²) in [7, 11) is 1.21. The molecule has 1 N–H and O–H groups in total. The summed E-state index contributed by atoms with van der Waals surface area (Å²) in [6.07, 6.45) is -1.06. The first-order chi connectivity index (χ1) is 11.9. The molecule has 2 rings (SSSR count). The van der Waals surface area contributed by atoms with Crippen molar-refractivity contribution < 1.29 is 23.9 Å². The number of halogens is 1. The van der Waals surface area contributed by atoms with E-state index in [1.807, 2.05) is 0 Å². The number of carbonyl (C=O) groups is 3. The molecule has 0 aliphatic carbocycles. The first-order valence-corrected chi connectivity index (χ1v) is 7.75. The van der Waals surface area contributed by atoms with E-state index in [1.165, 1.54) is 26.2 Å². The van der Waals surface area contributed by atoms with Gasteiger partial charge in [0.25, 0.3) is 5.91 Å². The summed E-state index contributed by atoms with van der Waals surface area (Å²) in [4.78, 5) is 36.1. The SMILES string of the molecule is COC(=O)c1ccccc1C(=O)OC(C)C(=O)Nc1ccc(Cl)cc1. The Morgan fingerprint density at radius 3 is 2.08 bits per heavy atom. The van der Waals surface area contributed by atoms with Crippen LogP contribution in [-0.2, 0) is 14.3 Å². The van der Waals surface area contributed by atoms with Gasteiger partial charge in [-0.3, -0.25) is 4.79 Å². The van der Waals surface area contributed by atoms with Gasteiger partial charge in [-0.2, -0.15) is 0 Å². The number of methoxy groups -OCH3 is 1. The maximum atomic E-state index is 12.3. The molecule has 0 heterocycles. The van der Waals surface area contributed by atoms with Gasteiger partial charge < -0.3 is 14.8 Å². The number of esters is 2. The predicted octanol–water partition coefficient (Wildman–Crippen LogP) is 3.31. The molecule has 0 fully saturated rings. The van der Waals surface area contributed by atoms with Gasteiger partial charge in [-0.05, 0) is 43.3 Å². The molecule has 2 aromatic rings. The predicted molar refractivity (Wildman–Crippen MR) is 92.7 cm³/mol. The van der Waals surface area contributed by atoms with Gasteiger partial charge in [-0.25, -0.2) is 9.59 Å². The van der Waals surface area contributed by atoms with E-state index in [-0.39, 0.29) is 11.1 Å². The maximum Gasteiger partial charge on any atom is 0.339 e. The fraction of sp³-hybridized carbons (Fsp3) is 0.167. The highest BCUT2D eigenvalue weighted by Crippen LogP contribution is 2.15. The van der Waals surface area contributed by atoms with Crippen molar-refractivity contribution in [2.45, 2.75) is 13.0 Å². The second kappa shape index (κ2) is 8.30. The van der Waals surface area contributed by atoms with Crippen LogP contribution in [0.3, 0.4) is 0 Å². The Morgan fingerprint density at radius 1 is 0.960 bits per heavy atom. The highest BCUT2D eigenvalue weighted by atomic mass is 35.5. The summed E-state index contributed by atoms with van der Waals surface area (Å²) in [5.41, 5.74) is 0.619. The number of rotatable bonds is 5. The van der Waals surface area contributed by atoms with E-state index in [0.29, 0.717) is 10.7 Å². The van der Waals surface area contributed by atoms with Crippen LogP contribution in [0.2, 0.25) is 5.02 Å². The summed E-state index contributed by atoms with van der Waals surface area (Å²) in [6.45, 7) is 1.43. The Kier molecular flexibility index (Phi) is 6.14. The van der Waals surface area contributed by atoms with E-state index in [1.54, 1.807) is 36.4 Å². The van der Waals surface area contributed by atoms with Crippen molar-refractivity contribution in [2.24, 2.45) is 0 Å². The second-order valence-corrected chi connectivity index (χ2v) is 5.52. The average molecular weight is 362 g/mol. The molecule has 0 spiro atoms. The van der Waals surface area contributed by atoms with E-state index >= 15 is 0 Å². The minimum atomic E-state index is -1.06. The fourth-order valence-electron chi connectivity index (χ4n) is 2.00. The Bertz CT molecular complexity index is 788. The normalized spacial score (nSPS) is 11.3. The van der Waals surface area contributed by atoms with Crippen molar-refractivity contribution in [3.8, 4) is 0 Å². The van der Waals surface area contributed by atoms with Gasteiger partial charge in [0.1, 0.15) is 0 Å². The van der Waals surface area contributed by atoms with Gasteiger partial charge in [-0.1, -0.05) is 23.7 Å². The third-order valence-corrected chi connectivity index (χ3v) is 3.57. The lowest BCUT2D eigenvalue weighted by Gasteiger charge is -2.14.